The lowest BCUT2D eigenvalue weighted by atomic mass is 10.0. The van der Waals surface area contributed by atoms with Gasteiger partial charge in [-0.1, -0.05) is 34.6 Å². The number of carbonyl (C=O) groups excluding carboxylic acids is 1. The van der Waals surface area contributed by atoms with E-state index < -0.39 is 0 Å². The fourth-order valence-electron chi connectivity index (χ4n) is 1.08. The second kappa shape index (κ2) is 3.88. The van der Waals surface area contributed by atoms with E-state index in [-0.39, 0.29) is 5.78 Å². The average Bonchev–Trinajstić information content (AvgIpc) is 2.08. The van der Waals surface area contributed by atoms with E-state index >= 15 is 0 Å². The first-order valence-electron chi connectivity index (χ1n) is 3.99. The molecule has 0 aromatic heterocycles. The van der Waals surface area contributed by atoms with Crippen LogP contribution in [0.5, 0.6) is 0 Å². The summed E-state index contributed by atoms with van der Waals surface area (Å²) in [6, 6.07) is 5.59. The number of Topliss-reactive ketones (excluding diaryl/α,β-unsaturated/α-hetero) is 1. The van der Waals surface area contributed by atoms with Crippen molar-refractivity contribution in [2.24, 2.45) is 0 Å². The molecule has 0 amide bonds. The summed E-state index contributed by atoms with van der Waals surface area (Å²) in [4.78, 5) is 11.6. The molecule has 2 heteroatoms. The van der Waals surface area contributed by atoms with E-state index in [4.69, 9.17) is 0 Å². The second-order valence-corrected chi connectivity index (χ2v) is 3.88. The third-order valence-corrected chi connectivity index (χ3v) is 2.76. The van der Waals surface area contributed by atoms with E-state index in [1.165, 1.54) is 0 Å². The van der Waals surface area contributed by atoms with Crippen LogP contribution in [0.2, 0.25) is 0 Å². The van der Waals surface area contributed by atoms with E-state index in [9.17, 15) is 4.79 Å². The molecular weight excluding hydrogens is 228 g/mol. The number of carbonyl (C=O) groups is 1. The van der Waals surface area contributed by atoms with Gasteiger partial charge in [-0.05, 0) is 31.1 Å². The van der Waals surface area contributed by atoms with Crippen molar-refractivity contribution in [2.45, 2.75) is 13.8 Å². The number of rotatable bonds is 2. The molecule has 1 nitrogen and oxygen atoms in total. The van der Waals surface area contributed by atoms with Crippen molar-refractivity contribution in [1.82, 2.24) is 0 Å². The number of hydrogen-bond acceptors (Lipinski definition) is 1. The van der Waals surface area contributed by atoms with Gasteiger partial charge in [-0.3, -0.25) is 4.79 Å². The molecule has 0 N–H and O–H groups in total. The predicted molar refractivity (Wildman–Crippen MR) is 58.0 cm³/mol. The zero-order chi connectivity index (χ0) is 10.0. The molecule has 1 aromatic rings. The number of benzene rings is 1. The molecule has 0 radical (unpaired) electrons. The summed E-state index contributed by atoms with van der Waals surface area (Å²) < 4.78 is 0.958. The maximum atomic E-state index is 11.6. The van der Waals surface area contributed by atoms with Crippen molar-refractivity contribution < 1.29 is 4.79 Å². The molecule has 0 spiro atoms. The first-order chi connectivity index (χ1) is 6.04. The summed E-state index contributed by atoms with van der Waals surface area (Å²) in [5.41, 5.74) is 2.26. The number of hydrogen-bond donors (Lipinski definition) is 0. The number of halogens is 1. The summed E-state index contributed by atoms with van der Waals surface area (Å²) in [6.45, 7) is 7.28. The van der Waals surface area contributed by atoms with Crippen LogP contribution in [0.3, 0.4) is 0 Å². The Bertz CT molecular complexity index is 366. The van der Waals surface area contributed by atoms with Gasteiger partial charge in [0.25, 0.3) is 0 Å². The highest BCUT2D eigenvalue weighted by molar-refractivity contribution is 9.10. The van der Waals surface area contributed by atoms with Crippen molar-refractivity contribution in [1.29, 1.82) is 0 Å². The van der Waals surface area contributed by atoms with E-state index in [0.29, 0.717) is 5.57 Å². The summed E-state index contributed by atoms with van der Waals surface area (Å²) in [5, 5.41) is 0. The Labute approximate surface area is 86.6 Å². The zero-order valence-corrected chi connectivity index (χ0v) is 9.31. The minimum Gasteiger partial charge on any atom is -0.289 e. The van der Waals surface area contributed by atoms with Gasteiger partial charge in [-0.2, -0.15) is 0 Å². The van der Waals surface area contributed by atoms with Gasteiger partial charge in [-0.25, -0.2) is 0 Å². The molecular formula is C11H11BrO. The lowest BCUT2D eigenvalue weighted by Gasteiger charge is -2.05. The lowest BCUT2D eigenvalue weighted by Crippen LogP contribution is -2.02. The van der Waals surface area contributed by atoms with Crippen LogP contribution in [0.4, 0.5) is 0 Å². The van der Waals surface area contributed by atoms with Gasteiger partial charge in [0, 0.05) is 10.0 Å². The minimum absolute atomic E-state index is 0.0128. The molecule has 68 valence electrons. The molecule has 0 aliphatic rings. The Morgan fingerprint density at radius 3 is 2.62 bits per heavy atom. The molecule has 0 heterocycles. The smallest absolute Gasteiger partial charge is 0.188 e. The molecule has 0 saturated heterocycles. The highest BCUT2D eigenvalue weighted by Crippen LogP contribution is 2.21. The van der Waals surface area contributed by atoms with Crippen LogP contribution in [0.15, 0.2) is 34.8 Å². The Morgan fingerprint density at radius 1 is 1.46 bits per heavy atom. The molecule has 0 saturated carbocycles. The van der Waals surface area contributed by atoms with Crippen LogP contribution in [0.25, 0.3) is 0 Å². The van der Waals surface area contributed by atoms with Crippen LogP contribution in [-0.4, -0.2) is 5.78 Å². The maximum Gasteiger partial charge on any atom is 0.188 e. The van der Waals surface area contributed by atoms with Gasteiger partial charge in [-0.15, -0.1) is 0 Å². The van der Waals surface area contributed by atoms with Crippen molar-refractivity contribution in [2.75, 3.05) is 0 Å². The topological polar surface area (TPSA) is 17.1 Å². The molecule has 0 bridgehead atoms. The molecule has 1 rings (SSSR count). The van der Waals surface area contributed by atoms with Crippen LogP contribution < -0.4 is 0 Å². The van der Waals surface area contributed by atoms with Gasteiger partial charge in [0.05, 0.1) is 0 Å². The van der Waals surface area contributed by atoms with Crippen LogP contribution >= 0.6 is 15.9 Å². The van der Waals surface area contributed by atoms with E-state index in [1.807, 2.05) is 25.1 Å². The predicted octanol–water partition coefficient (Wildman–Crippen LogP) is 3.52. The highest BCUT2D eigenvalue weighted by atomic mass is 79.9. The molecule has 0 fully saturated rings. The van der Waals surface area contributed by atoms with Crippen molar-refractivity contribution in [3.8, 4) is 0 Å². The fourth-order valence-corrected chi connectivity index (χ4v) is 1.45. The Balaban J connectivity index is 3.23. The van der Waals surface area contributed by atoms with E-state index in [2.05, 4.69) is 22.5 Å². The van der Waals surface area contributed by atoms with Crippen LogP contribution in [-0.2, 0) is 0 Å². The first kappa shape index (κ1) is 10.2. The average molecular weight is 239 g/mol. The zero-order valence-electron chi connectivity index (χ0n) is 7.73. The SMILES string of the molecule is C=C(C)C(=O)c1cccc(Br)c1C. The van der Waals surface area contributed by atoms with Crippen molar-refractivity contribution >= 4 is 21.7 Å². The van der Waals surface area contributed by atoms with Crippen LogP contribution in [0, 0.1) is 6.92 Å². The van der Waals surface area contributed by atoms with Crippen molar-refractivity contribution in [3.63, 3.8) is 0 Å². The normalized spacial score (nSPS) is 9.77. The quantitative estimate of drug-likeness (QED) is 0.570. The standard InChI is InChI=1S/C11H11BrO/c1-7(2)11(13)9-5-4-6-10(12)8(9)3/h4-6H,1H2,2-3H3. The lowest BCUT2D eigenvalue weighted by molar-refractivity contribution is 0.103. The number of ketones is 1. The summed E-state index contributed by atoms with van der Waals surface area (Å²) in [5.74, 6) is 0.0128. The van der Waals surface area contributed by atoms with Gasteiger partial charge in [0.2, 0.25) is 0 Å². The summed E-state index contributed by atoms with van der Waals surface area (Å²) in [6.07, 6.45) is 0. The summed E-state index contributed by atoms with van der Waals surface area (Å²) >= 11 is 3.38. The van der Waals surface area contributed by atoms with Gasteiger partial charge in [0.15, 0.2) is 5.78 Å². The minimum atomic E-state index is 0.0128. The largest absolute Gasteiger partial charge is 0.289 e. The second-order valence-electron chi connectivity index (χ2n) is 3.02. The van der Waals surface area contributed by atoms with Gasteiger partial charge >= 0.3 is 0 Å². The molecule has 13 heavy (non-hydrogen) atoms. The molecule has 0 aliphatic carbocycles. The molecule has 1 aromatic carbocycles. The molecule has 0 atom stereocenters. The number of allylic oxidation sites excluding steroid dienone is 1. The van der Waals surface area contributed by atoms with Crippen LogP contribution in [0.1, 0.15) is 22.8 Å². The Kier molecular flexibility index (Phi) is 3.04. The van der Waals surface area contributed by atoms with Gasteiger partial charge in [0.1, 0.15) is 0 Å². The third kappa shape index (κ3) is 2.07. The van der Waals surface area contributed by atoms with E-state index in [1.54, 1.807) is 6.92 Å². The summed E-state index contributed by atoms with van der Waals surface area (Å²) in [7, 11) is 0. The molecule has 0 aliphatic heterocycles. The van der Waals surface area contributed by atoms with E-state index in [0.717, 1.165) is 15.6 Å². The molecule has 0 unspecified atom stereocenters. The highest BCUT2D eigenvalue weighted by Gasteiger charge is 2.10. The first-order valence-corrected chi connectivity index (χ1v) is 4.78. The fraction of sp³-hybridized carbons (Fsp3) is 0.182. The van der Waals surface area contributed by atoms with Crippen molar-refractivity contribution in [3.05, 3.63) is 46.0 Å². The Hall–Kier alpha value is -0.890. The monoisotopic (exact) mass is 238 g/mol. The Morgan fingerprint density at radius 2 is 2.08 bits per heavy atom. The van der Waals surface area contributed by atoms with Gasteiger partial charge < -0.3 is 0 Å². The maximum absolute atomic E-state index is 11.6. The third-order valence-electron chi connectivity index (χ3n) is 1.90.